The molecule has 6 rings (SSSR count). The first-order valence-electron chi connectivity index (χ1n) is 18.1. The Balaban J connectivity index is 1.28. The molecule has 0 saturated carbocycles. The first kappa shape index (κ1) is 37.9. The van der Waals surface area contributed by atoms with Gasteiger partial charge >= 0.3 is 5.97 Å². The molecule has 9 nitrogen and oxygen atoms in total. The largest absolute Gasteiger partial charge is 0.466 e. The molecule has 53 heavy (non-hydrogen) atoms. The molecule has 3 aromatic carbocycles. The molecule has 1 aliphatic rings. The number of hydrogen-bond donors (Lipinski definition) is 0. The first-order chi connectivity index (χ1) is 25.4. The molecule has 0 N–H and O–H groups in total. The molecule has 280 valence electrons. The Morgan fingerprint density at radius 1 is 0.962 bits per heavy atom. The zero-order chi connectivity index (χ0) is 37.7. The van der Waals surface area contributed by atoms with Gasteiger partial charge in [0, 0.05) is 70.3 Å². The average Bonchev–Trinajstić information content (AvgIpc) is 3.72. The molecular weight excluding hydrogens is 702 g/mol. The summed E-state index contributed by atoms with van der Waals surface area (Å²) >= 11 is 0. The van der Waals surface area contributed by atoms with Gasteiger partial charge in [-0.3, -0.25) is 14.5 Å². The van der Waals surface area contributed by atoms with Crippen LogP contribution in [0.1, 0.15) is 49.4 Å². The van der Waals surface area contributed by atoms with Crippen LogP contribution in [0.4, 0.5) is 19.0 Å². The van der Waals surface area contributed by atoms with Crippen molar-refractivity contribution in [2.24, 2.45) is 0 Å². The molecule has 3 heterocycles. The van der Waals surface area contributed by atoms with Gasteiger partial charge < -0.3 is 18.8 Å². The predicted octanol–water partition coefficient (Wildman–Crippen LogP) is 8.95. The van der Waals surface area contributed by atoms with E-state index in [4.69, 9.17) is 19.3 Å². The fourth-order valence-corrected chi connectivity index (χ4v) is 7.09. The molecule has 0 radical (unpaired) electrons. The molecule has 0 bridgehead atoms. The Morgan fingerprint density at radius 3 is 2.55 bits per heavy atom. The van der Waals surface area contributed by atoms with Gasteiger partial charge in [0.15, 0.2) is 17.4 Å². The van der Waals surface area contributed by atoms with E-state index >= 15 is 13.2 Å². The van der Waals surface area contributed by atoms with E-state index < -0.39 is 31.3 Å². The molecule has 0 atom stereocenters. The highest BCUT2D eigenvalue weighted by Crippen LogP contribution is 2.36. The van der Waals surface area contributed by atoms with Crippen molar-refractivity contribution in [3.63, 3.8) is 0 Å². The summed E-state index contributed by atoms with van der Waals surface area (Å²) < 4.78 is 66.6. The summed E-state index contributed by atoms with van der Waals surface area (Å²) in [5, 5.41) is 4.90. The number of rotatable bonds is 15. The number of nitrogens with zero attached hydrogens (tertiary/aromatic N) is 4. The summed E-state index contributed by atoms with van der Waals surface area (Å²) in [5.41, 5.74) is 2.72. The number of carbonyl (C=O) groups is 2. The minimum Gasteiger partial charge on any atom is -0.466 e. The number of carbonyl (C=O) groups excluding carboxylic acids is 2. The number of esters is 1. The molecule has 0 aliphatic carbocycles. The van der Waals surface area contributed by atoms with Crippen molar-refractivity contribution < 1.29 is 37.0 Å². The van der Waals surface area contributed by atoms with Crippen LogP contribution in [-0.4, -0.2) is 54.1 Å². The van der Waals surface area contributed by atoms with Crippen LogP contribution >= 0.6 is 0 Å². The van der Waals surface area contributed by atoms with Crippen LogP contribution in [0.25, 0.3) is 16.6 Å². The van der Waals surface area contributed by atoms with Crippen molar-refractivity contribution in [2.75, 3.05) is 24.7 Å². The highest BCUT2D eigenvalue weighted by Gasteiger charge is 2.27. The fraction of sp³-hybridized carbons (Fsp3) is 0.375. The number of fused-ring (bicyclic) bond motifs is 1. The third kappa shape index (κ3) is 9.20. The Labute approximate surface area is 308 Å². The van der Waals surface area contributed by atoms with Crippen LogP contribution < -0.4 is 9.64 Å². The number of hydrogen-bond acceptors (Lipinski definition) is 6. The van der Waals surface area contributed by atoms with E-state index in [1.165, 1.54) is 28.9 Å². The SMILES string of the molecule is CCOC(=O)CCc1cccc(Cc2cc(N3CCCCC3=O)n(-c3cc(Oc4c(F)cc5c(ccn5COCC[Si](C)(C)C)c4F)ccc3F)n2)c1. The van der Waals surface area contributed by atoms with Crippen LogP contribution in [0.15, 0.2) is 66.9 Å². The topological polar surface area (TPSA) is 87.8 Å². The van der Waals surface area contributed by atoms with Crippen molar-refractivity contribution in [3.05, 3.63) is 101 Å². The van der Waals surface area contributed by atoms with Crippen molar-refractivity contribution >= 4 is 36.7 Å². The van der Waals surface area contributed by atoms with Crippen LogP contribution in [0.3, 0.4) is 0 Å². The van der Waals surface area contributed by atoms with E-state index in [1.807, 2.05) is 24.3 Å². The number of anilines is 1. The summed E-state index contributed by atoms with van der Waals surface area (Å²) in [4.78, 5) is 26.6. The molecule has 1 saturated heterocycles. The quantitative estimate of drug-likeness (QED) is 0.0604. The highest BCUT2D eigenvalue weighted by atomic mass is 28.3. The third-order valence-electron chi connectivity index (χ3n) is 9.16. The van der Waals surface area contributed by atoms with Crippen LogP contribution in [0.2, 0.25) is 25.7 Å². The van der Waals surface area contributed by atoms with Crippen molar-refractivity contribution in [2.45, 2.75) is 77.9 Å². The maximum Gasteiger partial charge on any atom is 0.306 e. The number of aryl methyl sites for hydroxylation is 1. The van der Waals surface area contributed by atoms with E-state index in [1.54, 1.807) is 28.7 Å². The lowest BCUT2D eigenvalue weighted by molar-refractivity contribution is -0.143. The van der Waals surface area contributed by atoms with Crippen molar-refractivity contribution in [1.82, 2.24) is 14.3 Å². The van der Waals surface area contributed by atoms with Gasteiger partial charge in [-0.15, -0.1) is 0 Å². The second-order valence-corrected chi connectivity index (χ2v) is 20.1. The normalized spacial score (nSPS) is 13.6. The Morgan fingerprint density at radius 2 is 1.77 bits per heavy atom. The maximum absolute atomic E-state index is 15.8. The molecule has 13 heteroatoms. The second kappa shape index (κ2) is 16.4. The summed E-state index contributed by atoms with van der Waals surface area (Å²) in [6.07, 6.45) is 4.65. The Hall–Kier alpha value is -4.88. The van der Waals surface area contributed by atoms with E-state index in [0.29, 0.717) is 56.0 Å². The number of benzene rings is 3. The number of halogens is 3. The minimum absolute atomic E-state index is 0.0186. The van der Waals surface area contributed by atoms with Gasteiger partial charge in [0.2, 0.25) is 5.91 Å². The predicted molar refractivity (Wildman–Crippen MR) is 200 cm³/mol. The molecule has 1 aliphatic heterocycles. The molecule has 1 amide bonds. The summed E-state index contributed by atoms with van der Waals surface area (Å²) in [6, 6.07) is 17.0. The van der Waals surface area contributed by atoms with Gasteiger partial charge in [-0.2, -0.15) is 5.10 Å². The number of amides is 1. The Bertz CT molecular complexity index is 2110. The lowest BCUT2D eigenvalue weighted by Gasteiger charge is -2.27. The number of ether oxygens (including phenoxy) is 3. The van der Waals surface area contributed by atoms with Crippen LogP contribution in [0.5, 0.6) is 11.5 Å². The molecule has 1 fully saturated rings. The van der Waals surface area contributed by atoms with Gasteiger partial charge in [0.1, 0.15) is 29.8 Å². The number of piperidine rings is 1. The van der Waals surface area contributed by atoms with Crippen LogP contribution in [-0.2, 0) is 38.6 Å². The lowest BCUT2D eigenvalue weighted by atomic mass is 10.0. The van der Waals surface area contributed by atoms with Crippen LogP contribution in [0, 0.1) is 17.5 Å². The minimum atomic E-state index is -1.29. The summed E-state index contributed by atoms with van der Waals surface area (Å²) in [6.45, 7) is 9.99. The van der Waals surface area contributed by atoms with E-state index in [2.05, 4.69) is 19.6 Å². The Kier molecular flexibility index (Phi) is 11.7. The zero-order valence-electron chi connectivity index (χ0n) is 30.6. The summed E-state index contributed by atoms with van der Waals surface area (Å²) in [5.74, 6) is -3.11. The van der Waals surface area contributed by atoms with Gasteiger partial charge in [-0.1, -0.05) is 43.9 Å². The van der Waals surface area contributed by atoms with E-state index in [9.17, 15) is 9.59 Å². The first-order valence-corrected chi connectivity index (χ1v) is 21.8. The van der Waals surface area contributed by atoms with Crippen molar-refractivity contribution in [3.8, 4) is 17.2 Å². The van der Waals surface area contributed by atoms with Crippen molar-refractivity contribution in [1.29, 1.82) is 0 Å². The fourth-order valence-electron chi connectivity index (χ4n) is 6.33. The average molecular weight is 747 g/mol. The second-order valence-electron chi connectivity index (χ2n) is 14.5. The van der Waals surface area contributed by atoms with Gasteiger partial charge in [0.05, 0.1) is 17.8 Å². The van der Waals surface area contributed by atoms with Gasteiger partial charge in [-0.05, 0) is 61.6 Å². The number of aromatic nitrogens is 3. The lowest BCUT2D eigenvalue weighted by Crippen LogP contribution is -2.36. The van der Waals surface area contributed by atoms with Gasteiger partial charge in [-0.25, -0.2) is 17.9 Å². The molecule has 0 unspecified atom stereocenters. The molecule has 5 aromatic rings. The van der Waals surface area contributed by atoms with E-state index in [-0.39, 0.29) is 41.9 Å². The maximum atomic E-state index is 15.8. The highest BCUT2D eigenvalue weighted by molar-refractivity contribution is 6.76. The molecular formula is C40H45F3N4O5Si. The molecule has 2 aromatic heterocycles. The monoisotopic (exact) mass is 746 g/mol. The van der Waals surface area contributed by atoms with Gasteiger partial charge in [0.25, 0.3) is 0 Å². The van der Waals surface area contributed by atoms with E-state index in [0.717, 1.165) is 36.1 Å². The standard InChI is InChI=1S/C40H45F3N4O5Si/c1-5-51-38(49)15-12-27-9-8-10-28(21-27)22-29-23-36(46-17-7-6-11-37(46)48)47(44-29)35-24-30(13-14-32(35)41)52-40-33(42)25-34-31(39(40)43)16-18-45(34)26-50-19-20-53(2,3)4/h8-10,13-14,16,18,21,23-25H,5-7,11-12,15,17,19-20,22,26H2,1-4H3. The summed E-state index contributed by atoms with van der Waals surface area (Å²) in [7, 11) is -1.29. The zero-order valence-corrected chi connectivity index (χ0v) is 31.6. The third-order valence-corrected chi connectivity index (χ3v) is 10.9. The molecule has 0 spiro atoms. The smallest absolute Gasteiger partial charge is 0.306 e.